The predicted molar refractivity (Wildman–Crippen MR) is 68.4 cm³/mol. The topological polar surface area (TPSA) is 44.1 Å². The van der Waals surface area contributed by atoms with Crippen LogP contribution in [-0.4, -0.2) is 30.1 Å². The molecule has 0 aliphatic rings. The average molecular weight is 305 g/mol. The fourth-order valence-electron chi connectivity index (χ4n) is 1.61. The molecule has 0 saturated heterocycles. The van der Waals surface area contributed by atoms with Crippen molar-refractivity contribution >= 4 is 17.5 Å². The van der Waals surface area contributed by atoms with Crippen molar-refractivity contribution in [1.82, 2.24) is 4.90 Å². The molecule has 0 heterocycles. The first-order chi connectivity index (χ1) is 9.24. The summed E-state index contributed by atoms with van der Waals surface area (Å²) < 4.78 is 37.4. The zero-order valence-electron chi connectivity index (χ0n) is 10.7. The molecule has 0 aliphatic carbocycles. The predicted octanol–water partition coefficient (Wildman–Crippen LogP) is 3.57. The second-order valence-electron chi connectivity index (χ2n) is 4.21. The molecule has 0 unspecified atom stereocenters. The third kappa shape index (κ3) is 4.74. The molecule has 108 valence electrons. The molecule has 0 spiro atoms. The maximum atomic E-state index is 12.5. The number of hydrogen-bond donors (Lipinski definition) is 0. The van der Waals surface area contributed by atoms with Gasteiger partial charge in [0, 0.05) is 17.1 Å². The van der Waals surface area contributed by atoms with Crippen molar-refractivity contribution in [2.45, 2.75) is 19.5 Å². The largest absolute Gasteiger partial charge is 0.406 e. The molecule has 1 rings (SSSR count). The molecule has 20 heavy (non-hydrogen) atoms. The molecule has 0 aromatic heterocycles. The summed E-state index contributed by atoms with van der Waals surface area (Å²) in [6, 6.07) is 5.99. The van der Waals surface area contributed by atoms with E-state index in [9.17, 15) is 18.0 Å². The minimum atomic E-state index is -4.51. The van der Waals surface area contributed by atoms with Gasteiger partial charge in [0.15, 0.2) is 0 Å². The highest BCUT2D eigenvalue weighted by Crippen LogP contribution is 2.21. The molecular formula is C13H12ClF3N2O. The number of amides is 1. The van der Waals surface area contributed by atoms with Crippen molar-refractivity contribution < 1.29 is 18.0 Å². The standard InChI is InChI=1S/C13H12ClF3N2O/c1-9-7-10(3-4-11(9)14)12(20)19(6-2-5-18)8-13(15,16)17/h3-4,7H,2,6,8H2,1H3. The average Bonchev–Trinajstić information content (AvgIpc) is 2.35. The SMILES string of the molecule is Cc1cc(C(=O)N(CCC#N)CC(F)(F)F)ccc1Cl. The number of benzene rings is 1. The Morgan fingerprint density at radius 2 is 2.10 bits per heavy atom. The summed E-state index contributed by atoms with van der Waals surface area (Å²) in [7, 11) is 0. The van der Waals surface area contributed by atoms with E-state index >= 15 is 0 Å². The Kier molecular flexibility index (Phi) is 5.40. The molecule has 0 saturated carbocycles. The van der Waals surface area contributed by atoms with Crippen molar-refractivity contribution in [2.75, 3.05) is 13.1 Å². The second kappa shape index (κ2) is 6.62. The number of nitrogens with zero attached hydrogens (tertiary/aromatic N) is 2. The van der Waals surface area contributed by atoms with Gasteiger partial charge in [-0.1, -0.05) is 11.6 Å². The van der Waals surface area contributed by atoms with Crippen LogP contribution in [0, 0.1) is 18.3 Å². The Bertz CT molecular complexity index is 537. The summed E-state index contributed by atoms with van der Waals surface area (Å²) in [5.74, 6) is -0.766. The van der Waals surface area contributed by atoms with E-state index in [0.717, 1.165) is 0 Å². The van der Waals surface area contributed by atoms with E-state index in [0.29, 0.717) is 15.5 Å². The number of rotatable bonds is 4. The van der Waals surface area contributed by atoms with E-state index in [1.54, 1.807) is 13.0 Å². The lowest BCUT2D eigenvalue weighted by Gasteiger charge is -2.23. The molecule has 0 radical (unpaired) electrons. The zero-order chi connectivity index (χ0) is 15.3. The van der Waals surface area contributed by atoms with Crippen molar-refractivity contribution in [3.63, 3.8) is 0 Å². The highest BCUT2D eigenvalue weighted by atomic mass is 35.5. The smallest absolute Gasteiger partial charge is 0.329 e. The lowest BCUT2D eigenvalue weighted by molar-refractivity contribution is -0.140. The van der Waals surface area contributed by atoms with Crippen LogP contribution in [0.15, 0.2) is 18.2 Å². The van der Waals surface area contributed by atoms with Crippen LogP contribution in [0.2, 0.25) is 5.02 Å². The van der Waals surface area contributed by atoms with E-state index in [-0.39, 0.29) is 18.5 Å². The molecular weight excluding hydrogens is 293 g/mol. The molecule has 0 atom stereocenters. The van der Waals surface area contributed by atoms with Crippen LogP contribution in [-0.2, 0) is 0 Å². The van der Waals surface area contributed by atoms with E-state index < -0.39 is 18.6 Å². The van der Waals surface area contributed by atoms with Crippen LogP contribution in [0.5, 0.6) is 0 Å². The van der Waals surface area contributed by atoms with Gasteiger partial charge < -0.3 is 4.90 Å². The normalized spacial score (nSPS) is 11.0. The van der Waals surface area contributed by atoms with E-state index in [1.165, 1.54) is 18.2 Å². The maximum Gasteiger partial charge on any atom is 0.406 e. The molecule has 3 nitrogen and oxygen atoms in total. The van der Waals surface area contributed by atoms with Gasteiger partial charge in [-0.25, -0.2) is 0 Å². The van der Waals surface area contributed by atoms with Crippen LogP contribution in [0.1, 0.15) is 22.3 Å². The first kappa shape index (κ1) is 16.3. The van der Waals surface area contributed by atoms with Crippen molar-refractivity contribution in [3.8, 4) is 6.07 Å². The van der Waals surface area contributed by atoms with Crippen molar-refractivity contribution in [3.05, 3.63) is 34.3 Å². The highest BCUT2D eigenvalue weighted by Gasteiger charge is 2.33. The van der Waals surface area contributed by atoms with Gasteiger partial charge >= 0.3 is 6.18 Å². The van der Waals surface area contributed by atoms with Crippen LogP contribution in [0.3, 0.4) is 0 Å². The van der Waals surface area contributed by atoms with Crippen molar-refractivity contribution in [2.24, 2.45) is 0 Å². The second-order valence-corrected chi connectivity index (χ2v) is 4.62. The Hall–Kier alpha value is -1.74. The number of halogens is 4. The number of alkyl halides is 3. The van der Waals surface area contributed by atoms with Gasteiger partial charge in [-0.2, -0.15) is 18.4 Å². The summed E-state index contributed by atoms with van der Waals surface area (Å²) >= 11 is 5.81. The molecule has 0 bridgehead atoms. The molecule has 1 aromatic carbocycles. The summed E-state index contributed by atoms with van der Waals surface area (Å²) in [6.07, 6.45) is -4.67. The fraction of sp³-hybridized carbons (Fsp3) is 0.385. The van der Waals surface area contributed by atoms with E-state index in [1.807, 2.05) is 0 Å². The van der Waals surface area contributed by atoms with E-state index in [2.05, 4.69) is 0 Å². The van der Waals surface area contributed by atoms with Gasteiger partial charge in [-0.15, -0.1) is 0 Å². The number of hydrogen-bond acceptors (Lipinski definition) is 2. The molecule has 7 heteroatoms. The van der Waals surface area contributed by atoms with Crippen LogP contribution < -0.4 is 0 Å². The minimum absolute atomic E-state index is 0.120. The minimum Gasteiger partial charge on any atom is -0.329 e. The molecule has 0 N–H and O–H groups in total. The Morgan fingerprint density at radius 1 is 1.45 bits per heavy atom. The molecule has 0 fully saturated rings. The lowest BCUT2D eigenvalue weighted by Crippen LogP contribution is -2.39. The van der Waals surface area contributed by atoms with Gasteiger partial charge in [0.2, 0.25) is 0 Å². The third-order valence-corrected chi connectivity index (χ3v) is 2.98. The summed E-state index contributed by atoms with van der Waals surface area (Å²) in [5, 5.41) is 8.89. The van der Waals surface area contributed by atoms with Gasteiger partial charge in [0.05, 0.1) is 12.5 Å². The van der Waals surface area contributed by atoms with E-state index in [4.69, 9.17) is 16.9 Å². The first-order valence-electron chi connectivity index (χ1n) is 5.73. The summed E-state index contributed by atoms with van der Waals surface area (Å²) in [6.45, 7) is 0.00813. The number of carbonyl (C=O) groups is 1. The molecule has 0 aliphatic heterocycles. The Morgan fingerprint density at radius 3 is 2.60 bits per heavy atom. The van der Waals surface area contributed by atoms with Gasteiger partial charge in [0.25, 0.3) is 5.91 Å². The zero-order valence-corrected chi connectivity index (χ0v) is 11.4. The van der Waals surface area contributed by atoms with Gasteiger partial charge in [-0.3, -0.25) is 4.79 Å². The first-order valence-corrected chi connectivity index (χ1v) is 6.11. The lowest BCUT2D eigenvalue weighted by atomic mass is 10.1. The maximum absolute atomic E-state index is 12.5. The van der Waals surface area contributed by atoms with Crippen LogP contribution >= 0.6 is 11.6 Å². The third-order valence-electron chi connectivity index (χ3n) is 2.56. The molecule has 1 aromatic rings. The Balaban J connectivity index is 2.97. The summed E-state index contributed by atoms with van der Waals surface area (Å²) in [4.78, 5) is 12.7. The van der Waals surface area contributed by atoms with Crippen molar-refractivity contribution in [1.29, 1.82) is 5.26 Å². The highest BCUT2D eigenvalue weighted by molar-refractivity contribution is 6.31. The van der Waals surface area contributed by atoms with Crippen LogP contribution in [0.4, 0.5) is 13.2 Å². The van der Waals surface area contributed by atoms with Gasteiger partial charge in [-0.05, 0) is 30.7 Å². The Labute approximate surface area is 119 Å². The summed E-state index contributed by atoms with van der Waals surface area (Å²) in [5.41, 5.74) is 0.721. The number of nitriles is 1. The number of carbonyl (C=O) groups excluding carboxylic acids is 1. The quantitative estimate of drug-likeness (QED) is 0.853. The monoisotopic (exact) mass is 304 g/mol. The van der Waals surface area contributed by atoms with Crippen LogP contribution in [0.25, 0.3) is 0 Å². The van der Waals surface area contributed by atoms with Gasteiger partial charge in [0.1, 0.15) is 6.54 Å². The molecule has 1 amide bonds. The fourth-order valence-corrected chi connectivity index (χ4v) is 1.73. The number of aryl methyl sites for hydroxylation is 1.